The fourth-order valence-corrected chi connectivity index (χ4v) is 1.55. The molecular formula is C13H20N4O2. The molecule has 6 heteroatoms. The van der Waals surface area contributed by atoms with Gasteiger partial charge in [-0.15, -0.1) is 0 Å². The van der Waals surface area contributed by atoms with Gasteiger partial charge in [-0.3, -0.25) is 4.79 Å². The van der Waals surface area contributed by atoms with Gasteiger partial charge in [-0.1, -0.05) is 6.92 Å². The lowest BCUT2D eigenvalue weighted by Crippen LogP contribution is -2.27. The minimum Gasteiger partial charge on any atom is -0.478 e. The van der Waals surface area contributed by atoms with Crippen LogP contribution in [0, 0.1) is 0 Å². The molecule has 0 unspecified atom stereocenters. The van der Waals surface area contributed by atoms with Gasteiger partial charge in [-0.2, -0.15) is 0 Å². The number of rotatable bonds is 8. The summed E-state index contributed by atoms with van der Waals surface area (Å²) in [7, 11) is 0. The zero-order chi connectivity index (χ0) is 13.5. The van der Waals surface area contributed by atoms with E-state index in [9.17, 15) is 4.79 Å². The van der Waals surface area contributed by atoms with Crippen LogP contribution in [0.2, 0.25) is 0 Å². The molecule has 0 atom stereocenters. The molecule has 0 spiro atoms. The number of amides is 1. The molecule has 1 amide bonds. The number of carbonyl (C=O) groups excluding carboxylic acids is 1. The van der Waals surface area contributed by atoms with Crippen molar-refractivity contribution in [2.24, 2.45) is 0 Å². The zero-order valence-corrected chi connectivity index (χ0v) is 11.2. The van der Waals surface area contributed by atoms with Crippen molar-refractivity contribution in [3.63, 3.8) is 0 Å². The van der Waals surface area contributed by atoms with E-state index in [0.29, 0.717) is 37.3 Å². The van der Waals surface area contributed by atoms with Crippen molar-refractivity contribution in [3.05, 3.63) is 12.4 Å². The van der Waals surface area contributed by atoms with Gasteiger partial charge in [0, 0.05) is 25.1 Å². The monoisotopic (exact) mass is 264 g/mol. The van der Waals surface area contributed by atoms with E-state index in [4.69, 9.17) is 4.74 Å². The van der Waals surface area contributed by atoms with Crippen LogP contribution in [0.15, 0.2) is 12.4 Å². The van der Waals surface area contributed by atoms with Crippen molar-refractivity contribution in [3.8, 4) is 5.88 Å². The smallest absolute Gasteiger partial charge is 0.221 e. The minimum absolute atomic E-state index is 0.0894. The highest BCUT2D eigenvalue weighted by Crippen LogP contribution is 2.18. The summed E-state index contributed by atoms with van der Waals surface area (Å²) in [5.41, 5.74) is 0. The minimum atomic E-state index is 0.0894. The van der Waals surface area contributed by atoms with Gasteiger partial charge in [0.2, 0.25) is 11.8 Å². The number of hydrogen-bond donors (Lipinski definition) is 2. The van der Waals surface area contributed by atoms with Gasteiger partial charge in [-0.05, 0) is 19.3 Å². The summed E-state index contributed by atoms with van der Waals surface area (Å²) in [6, 6.07) is 2.16. The summed E-state index contributed by atoms with van der Waals surface area (Å²) in [4.78, 5) is 19.6. The SMILES string of the molecule is CCCOc1cc(NCCC(=O)NC2CC2)ncn1. The van der Waals surface area contributed by atoms with Crippen LogP contribution in [-0.4, -0.2) is 35.1 Å². The standard InChI is InChI=1S/C13H20N4O2/c1-2-7-19-13-8-11(15-9-16-13)14-6-5-12(18)17-10-3-4-10/h8-10H,2-7H2,1H3,(H,17,18)(H,14,15,16). The third-order valence-corrected chi connectivity index (χ3v) is 2.70. The molecule has 0 aromatic carbocycles. The number of anilines is 1. The molecule has 0 saturated heterocycles. The Kier molecular flexibility index (Phi) is 4.94. The van der Waals surface area contributed by atoms with Crippen LogP contribution in [0.3, 0.4) is 0 Å². The summed E-state index contributed by atoms with van der Waals surface area (Å²) in [5.74, 6) is 1.33. The van der Waals surface area contributed by atoms with Crippen LogP contribution in [0.25, 0.3) is 0 Å². The Bertz CT molecular complexity index is 421. The molecule has 6 nitrogen and oxygen atoms in total. The fraction of sp³-hybridized carbons (Fsp3) is 0.615. The Balaban J connectivity index is 1.70. The van der Waals surface area contributed by atoms with E-state index in [2.05, 4.69) is 20.6 Å². The fourth-order valence-electron chi connectivity index (χ4n) is 1.55. The third kappa shape index (κ3) is 5.11. The molecule has 19 heavy (non-hydrogen) atoms. The summed E-state index contributed by atoms with van der Waals surface area (Å²) >= 11 is 0. The van der Waals surface area contributed by atoms with Crippen molar-refractivity contribution in [1.82, 2.24) is 15.3 Å². The van der Waals surface area contributed by atoms with Gasteiger partial charge in [-0.25, -0.2) is 9.97 Å². The summed E-state index contributed by atoms with van der Waals surface area (Å²) in [6.07, 6.45) is 5.07. The molecule has 1 aliphatic rings. The molecular weight excluding hydrogens is 244 g/mol. The zero-order valence-electron chi connectivity index (χ0n) is 11.2. The lowest BCUT2D eigenvalue weighted by molar-refractivity contribution is -0.120. The predicted molar refractivity (Wildman–Crippen MR) is 72.1 cm³/mol. The first-order chi connectivity index (χ1) is 9.28. The van der Waals surface area contributed by atoms with Crippen LogP contribution in [0.1, 0.15) is 32.6 Å². The maximum absolute atomic E-state index is 11.5. The molecule has 0 aliphatic heterocycles. The Morgan fingerprint density at radius 3 is 3.05 bits per heavy atom. The number of nitrogens with one attached hydrogen (secondary N) is 2. The van der Waals surface area contributed by atoms with Crippen LogP contribution < -0.4 is 15.4 Å². The van der Waals surface area contributed by atoms with Crippen LogP contribution in [-0.2, 0) is 4.79 Å². The highest BCUT2D eigenvalue weighted by atomic mass is 16.5. The van der Waals surface area contributed by atoms with E-state index in [1.165, 1.54) is 6.33 Å². The van der Waals surface area contributed by atoms with Crippen molar-refractivity contribution in [2.75, 3.05) is 18.5 Å². The maximum atomic E-state index is 11.5. The van der Waals surface area contributed by atoms with E-state index in [1.807, 2.05) is 6.92 Å². The second-order valence-corrected chi connectivity index (χ2v) is 4.61. The molecule has 1 heterocycles. The molecule has 104 valence electrons. The van der Waals surface area contributed by atoms with Crippen molar-refractivity contribution in [1.29, 1.82) is 0 Å². The van der Waals surface area contributed by atoms with E-state index in [1.54, 1.807) is 6.07 Å². The van der Waals surface area contributed by atoms with Gasteiger partial charge in [0.15, 0.2) is 0 Å². The molecule has 1 saturated carbocycles. The van der Waals surface area contributed by atoms with Crippen molar-refractivity contribution < 1.29 is 9.53 Å². The first-order valence-electron chi connectivity index (χ1n) is 6.76. The van der Waals surface area contributed by atoms with Crippen LogP contribution >= 0.6 is 0 Å². The molecule has 1 fully saturated rings. The first-order valence-corrected chi connectivity index (χ1v) is 6.76. The molecule has 0 radical (unpaired) electrons. The maximum Gasteiger partial charge on any atom is 0.221 e. The molecule has 1 aromatic heterocycles. The quantitative estimate of drug-likeness (QED) is 0.741. The van der Waals surface area contributed by atoms with Gasteiger partial charge in [0.1, 0.15) is 12.1 Å². The lowest BCUT2D eigenvalue weighted by atomic mass is 10.4. The van der Waals surface area contributed by atoms with Crippen molar-refractivity contribution >= 4 is 11.7 Å². The van der Waals surface area contributed by atoms with E-state index in [0.717, 1.165) is 19.3 Å². The van der Waals surface area contributed by atoms with E-state index in [-0.39, 0.29) is 5.91 Å². The lowest BCUT2D eigenvalue weighted by Gasteiger charge is -2.07. The first kappa shape index (κ1) is 13.6. The van der Waals surface area contributed by atoms with Gasteiger partial charge < -0.3 is 15.4 Å². The normalized spacial score (nSPS) is 13.9. The average Bonchev–Trinajstić information content (AvgIpc) is 3.21. The molecule has 2 N–H and O–H groups in total. The van der Waals surface area contributed by atoms with Crippen molar-refractivity contribution in [2.45, 2.75) is 38.6 Å². The van der Waals surface area contributed by atoms with E-state index < -0.39 is 0 Å². The van der Waals surface area contributed by atoms with Gasteiger partial charge in [0.05, 0.1) is 6.61 Å². The largest absolute Gasteiger partial charge is 0.478 e. The number of ether oxygens (including phenoxy) is 1. The average molecular weight is 264 g/mol. The molecule has 2 rings (SSSR count). The summed E-state index contributed by atoms with van der Waals surface area (Å²) < 4.78 is 5.41. The Morgan fingerprint density at radius 2 is 2.32 bits per heavy atom. The Morgan fingerprint density at radius 1 is 1.47 bits per heavy atom. The number of nitrogens with zero attached hydrogens (tertiary/aromatic N) is 2. The number of hydrogen-bond acceptors (Lipinski definition) is 5. The molecule has 1 aromatic rings. The highest BCUT2D eigenvalue weighted by molar-refractivity contribution is 5.77. The number of carbonyl (C=O) groups is 1. The Hall–Kier alpha value is -1.85. The second kappa shape index (κ2) is 6.92. The molecule has 1 aliphatic carbocycles. The van der Waals surface area contributed by atoms with Gasteiger partial charge in [0.25, 0.3) is 0 Å². The predicted octanol–water partition coefficient (Wildman–Crippen LogP) is 1.35. The topological polar surface area (TPSA) is 76.1 Å². The Labute approximate surface area is 113 Å². The van der Waals surface area contributed by atoms with Crippen LogP contribution in [0.4, 0.5) is 5.82 Å². The van der Waals surface area contributed by atoms with Crippen LogP contribution in [0.5, 0.6) is 5.88 Å². The summed E-state index contributed by atoms with van der Waals surface area (Å²) in [6.45, 7) is 3.24. The number of aromatic nitrogens is 2. The van der Waals surface area contributed by atoms with Gasteiger partial charge >= 0.3 is 0 Å². The molecule has 0 bridgehead atoms. The second-order valence-electron chi connectivity index (χ2n) is 4.61. The third-order valence-electron chi connectivity index (χ3n) is 2.70. The van der Waals surface area contributed by atoms with E-state index >= 15 is 0 Å². The highest BCUT2D eigenvalue weighted by Gasteiger charge is 2.22. The summed E-state index contributed by atoms with van der Waals surface area (Å²) in [5, 5.41) is 6.04.